The number of carbonyl (C=O) groups is 1. The highest BCUT2D eigenvalue weighted by molar-refractivity contribution is 7.07. The van der Waals surface area contributed by atoms with E-state index in [-0.39, 0.29) is 17.8 Å². The van der Waals surface area contributed by atoms with Crippen molar-refractivity contribution in [1.29, 1.82) is 0 Å². The van der Waals surface area contributed by atoms with Gasteiger partial charge >= 0.3 is 0 Å². The van der Waals surface area contributed by atoms with Crippen molar-refractivity contribution in [2.75, 3.05) is 12.4 Å². The van der Waals surface area contributed by atoms with Crippen molar-refractivity contribution in [3.8, 4) is 0 Å². The van der Waals surface area contributed by atoms with Gasteiger partial charge in [-0.15, -0.1) is 11.3 Å². The highest BCUT2D eigenvalue weighted by Gasteiger charge is 2.20. The maximum Gasteiger partial charge on any atom is 0.282 e. The van der Waals surface area contributed by atoms with E-state index in [0.717, 1.165) is 5.69 Å². The van der Waals surface area contributed by atoms with Crippen LogP contribution in [0.4, 0.5) is 11.4 Å². The summed E-state index contributed by atoms with van der Waals surface area (Å²) in [5.74, 6) is -0.498. The summed E-state index contributed by atoms with van der Waals surface area (Å²) in [7, 11) is 1.68. The summed E-state index contributed by atoms with van der Waals surface area (Å²) in [6.45, 7) is 0.239. The molecular weight excluding hydrogens is 280 g/mol. The smallest absolute Gasteiger partial charge is 0.282 e. The molecule has 7 nitrogen and oxygen atoms in total. The van der Waals surface area contributed by atoms with Crippen molar-refractivity contribution in [3.63, 3.8) is 0 Å². The Labute approximate surface area is 118 Å². The molecule has 20 heavy (non-hydrogen) atoms. The van der Waals surface area contributed by atoms with Crippen molar-refractivity contribution < 1.29 is 9.72 Å². The van der Waals surface area contributed by atoms with Crippen LogP contribution in [-0.2, 0) is 6.54 Å². The lowest BCUT2D eigenvalue weighted by atomic mass is 10.1. The molecule has 0 aliphatic carbocycles. The van der Waals surface area contributed by atoms with Gasteiger partial charge in [-0.3, -0.25) is 14.9 Å². The van der Waals surface area contributed by atoms with E-state index in [9.17, 15) is 14.9 Å². The van der Waals surface area contributed by atoms with Gasteiger partial charge in [0.2, 0.25) is 0 Å². The lowest BCUT2D eigenvalue weighted by Gasteiger charge is -2.06. The lowest BCUT2D eigenvalue weighted by molar-refractivity contribution is -0.385. The van der Waals surface area contributed by atoms with Gasteiger partial charge in [0.15, 0.2) is 0 Å². The highest BCUT2D eigenvalue weighted by Crippen LogP contribution is 2.22. The first kappa shape index (κ1) is 13.9. The number of nitrogens with one attached hydrogen (secondary N) is 2. The van der Waals surface area contributed by atoms with Gasteiger partial charge in [-0.05, 0) is 12.1 Å². The molecule has 2 rings (SSSR count). The normalized spacial score (nSPS) is 10.1. The summed E-state index contributed by atoms with van der Waals surface area (Å²) in [5.41, 5.74) is 2.81. The van der Waals surface area contributed by atoms with Crippen molar-refractivity contribution in [1.82, 2.24) is 10.3 Å². The van der Waals surface area contributed by atoms with Crippen LogP contribution in [0.1, 0.15) is 16.1 Å². The van der Waals surface area contributed by atoms with Crippen molar-refractivity contribution in [3.05, 3.63) is 50.5 Å². The van der Waals surface area contributed by atoms with E-state index in [4.69, 9.17) is 0 Å². The molecule has 0 fully saturated rings. The van der Waals surface area contributed by atoms with Gasteiger partial charge in [0.05, 0.1) is 22.7 Å². The Kier molecular flexibility index (Phi) is 4.26. The summed E-state index contributed by atoms with van der Waals surface area (Å²) in [6.07, 6.45) is 0. The molecule has 8 heteroatoms. The van der Waals surface area contributed by atoms with Crippen LogP contribution in [0.25, 0.3) is 0 Å². The van der Waals surface area contributed by atoms with Gasteiger partial charge in [0.25, 0.3) is 11.6 Å². The molecule has 0 saturated heterocycles. The molecule has 0 unspecified atom stereocenters. The Morgan fingerprint density at radius 2 is 2.30 bits per heavy atom. The molecule has 1 aromatic carbocycles. The van der Waals surface area contributed by atoms with E-state index in [1.165, 1.54) is 23.5 Å². The van der Waals surface area contributed by atoms with Crippen LogP contribution in [0.3, 0.4) is 0 Å². The zero-order chi connectivity index (χ0) is 14.5. The molecule has 1 aromatic heterocycles. The van der Waals surface area contributed by atoms with Gasteiger partial charge in [0, 0.05) is 24.2 Å². The summed E-state index contributed by atoms with van der Waals surface area (Å²) >= 11 is 1.42. The maximum atomic E-state index is 12.1. The van der Waals surface area contributed by atoms with Crippen LogP contribution in [0.2, 0.25) is 0 Å². The molecule has 1 amide bonds. The molecule has 0 bridgehead atoms. The maximum absolute atomic E-state index is 12.1. The number of thiazole rings is 1. The zero-order valence-electron chi connectivity index (χ0n) is 10.6. The van der Waals surface area contributed by atoms with Gasteiger partial charge in [-0.25, -0.2) is 4.98 Å². The number of nitrogens with zero attached hydrogens (tertiary/aromatic N) is 2. The minimum absolute atomic E-state index is 0.0251. The predicted octanol–water partition coefficient (Wildman–Crippen LogP) is 2.02. The minimum atomic E-state index is -0.572. The first-order chi connectivity index (χ1) is 9.61. The number of nitro groups is 1. The van der Waals surface area contributed by atoms with E-state index in [1.807, 2.05) is 0 Å². The Bertz CT molecular complexity index is 628. The SMILES string of the molecule is CNc1ccc([N+](=O)[O-])c(C(=O)NCc2cscn2)c1. The number of carbonyl (C=O) groups excluding carboxylic acids is 1. The van der Waals surface area contributed by atoms with E-state index in [1.54, 1.807) is 24.0 Å². The first-order valence-electron chi connectivity index (χ1n) is 5.73. The molecule has 0 radical (unpaired) electrons. The quantitative estimate of drug-likeness (QED) is 0.649. The van der Waals surface area contributed by atoms with Gasteiger partial charge in [-0.1, -0.05) is 0 Å². The fraction of sp³-hybridized carbons (Fsp3) is 0.167. The number of rotatable bonds is 5. The summed E-state index contributed by atoms with van der Waals surface area (Å²) in [6, 6.07) is 4.31. The average Bonchev–Trinajstić information content (AvgIpc) is 2.97. The molecular formula is C12H12N4O3S. The van der Waals surface area contributed by atoms with Crippen LogP contribution in [-0.4, -0.2) is 22.9 Å². The third-order valence-electron chi connectivity index (χ3n) is 2.64. The molecule has 0 saturated carbocycles. The summed E-state index contributed by atoms with van der Waals surface area (Å²) in [5, 5.41) is 18.2. The number of nitro benzene ring substituents is 1. The topological polar surface area (TPSA) is 97.2 Å². The second-order valence-corrected chi connectivity index (χ2v) is 4.62. The summed E-state index contributed by atoms with van der Waals surface area (Å²) < 4.78 is 0. The third-order valence-corrected chi connectivity index (χ3v) is 3.28. The van der Waals surface area contributed by atoms with Crippen LogP contribution < -0.4 is 10.6 Å². The van der Waals surface area contributed by atoms with E-state index in [2.05, 4.69) is 15.6 Å². The zero-order valence-corrected chi connectivity index (χ0v) is 11.4. The lowest BCUT2D eigenvalue weighted by Crippen LogP contribution is -2.24. The van der Waals surface area contributed by atoms with Crippen LogP contribution in [0, 0.1) is 10.1 Å². The molecule has 0 aliphatic rings. The number of hydrogen-bond acceptors (Lipinski definition) is 6. The van der Waals surface area contributed by atoms with E-state index < -0.39 is 10.8 Å². The van der Waals surface area contributed by atoms with Gasteiger partial charge < -0.3 is 10.6 Å². The largest absolute Gasteiger partial charge is 0.388 e. The molecule has 0 atom stereocenters. The Balaban J connectivity index is 2.20. The second kappa shape index (κ2) is 6.11. The fourth-order valence-electron chi connectivity index (χ4n) is 1.62. The molecule has 1 heterocycles. The summed E-state index contributed by atoms with van der Waals surface area (Å²) in [4.78, 5) is 26.5. The number of benzene rings is 1. The van der Waals surface area contributed by atoms with Crippen LogP contribution in [0.15, 0.2) is 29.1 Å². The fourth-order valence-corrected chi connectivity index (χ4v) is 2.18. The second-order valence-electron chi connectivity index (χ2n) is 3.90. The number of aromatic nitrogens is 1. The number of anilines is 1. The Morgan fingerprint density at radius 3 is 2.90 bits per heavy atom. The molecule has 2 N–H and O–H groups in total. The minimum Gasteiger partial charge on any atom is -0.388 e. The monoisotopic (exact) mass is 292 g/mol. The predicted molar refractivity (Wildman–Crippen MR) is 75.9 cm³/mol. The molecule has 0 spiro atoms. The van der Waals surface area contributed by atoms with Crippen molar-refractivity contribution in [2.24, 2.45) is 0 Å². The average molecular weight is 292 g/mol. The first-order valence-corrected chi connectivity index (χ1v) is 6.67. The Morgan fingerprint density at radius 1 is 1.50 bits per heavy atom. The molecule has 2 aromatic rings. The Hall–Kier alpha value is -2.48. The van der Waals surface area contributed by atoms with E-state index >= 15 is 0 Å². The van der Waals surface area contributed by atoms with Crippen LogP contribution in [0.5, 0.6) is 0 Å². The third kappa shape index (κ3) is 3.09. The highest BCUT2D eigenvalue weighted by atomic mass is 32.1. The van der Waals surface area contributed by atoms with E-state index in [0.29, 0.717) is 5.69 Å². The number of hydrogen-bond donors (Lipinski definition) is 2. The van der Waals surface area contributed by atoms with Crippen LogP contribution >= 0.6 is 11.3 Å². The van der Waals surface area contributed by atoms with Crippen molar-refractivity contribution in [2.45, 2.75) is 6.54 Å². The molecule has 104 valence electrons. The number of amides is 1. The van der Waals surface area contributed by atoms with Crippen molar-refractivity contribution >= 4 is 28.6 Å². The van der Waals surface area contributed by atoms with Gasteiger partial charge in [-0.2, -0.15) is 0 Å². The van der Waals surface area contributed by atoms with Gasteiger partial charge in [0.1, 0.15) is 5.56 Å². The standard InChI is InChI=1S/C12H12N4O3S/c1-13-8-2-3-11(16(18)19)10(4-8)12(17)14-5-9-6-20-7-15-9/h2-4,6-7,13H,5H2,1H3,(H,14,17). The molecule has 0 aliphatic heterocycles.